The predicted octanol–water partition coefficient (Wildman–Crippen LogP) is 4.12. The highest BCUT2D eigenvalue weighted by Gasteiger charge is 2.36. The molecule has 0 bridgehead atoms. The van der Waals surface area contributed by atoms with E-state index in [4.69, 9.17) is 26.6 Å². The highest BCUT2D eigenvalue weighted by atomic mass is 35.5. The Morgan fingerprint density at radius 1 is 1.12 bits per heavy atom. The van der Waals surface area contributed by atoms with Crippen LogP contribution < -0.4 is 15.4 Å². The van der Waals surface area contributed by atoms with E-state index in [0.29, 0.717) is 28.9 Å². The van der Waals surface area contributed by atoms with Gasteiger partial charge in [0, 0.05) is 18.2 Å². The summed E-state index contributed by atoms with van der Waals surface area (Å²) < 4.78 is 6.10. The van der Waals surface area contributed by atoms with Gasteiger partial charge in [-0.05, 0) is 75.9 Å². The van der Waals surface area contributed by atoms with Gasteiger partial charge < -0.3 is 20.3 Å². The monoisotopic (exact) mass is 465 g/mol. The van der Waals surface area contributed by atoms with Crippen LogP contribution in [0.1, 0.15) is 60.1 Å². The summed E-state index contributed by atoms with van der Waals surface area (Å²) in [4.78, 5) is 19.8. The smallest absolute Gasteiger partial charge is 0.256 e. The molecule has 2 aliphatic heterocycles. The Morgan fingerprint density at radius 2 is 1.91 bits per heavy atom. The Bertz CT molecular complexity index is 1070. The molecule has 0 radical (unpaired) electrons. The van der Waals surface area contributed by atoms with E-state index in [1.165, 1.54) is 0 Å². The summed E-state index contributed by atoms with van der Waals surface area (Å²) in [5, 5.41) is 16.3. The number of piperidine rings is 1. The molecule has 1 aromatic heterocycles. The molecule has 1 amide bonds. The number of rotatable bonds is 5. The molecule has 7 nitrogen and oxygen atoms in total. The minimum atomic E-state index is 0.0873. The fraction of sp³-hybridized carbons (Fsp3) is 0.480. The van der Waals surface area contributed by atoms with Gasteiger partial charge in [-0.15, -0.1) is 0 Å². The van der Waals surface area contributed by atoms with E-state index in [2.05, 4.69) is 16.7 Å². The number of fused-ring (bicyclic) bond motifs is 1. The van der Waals surface area contributed by atoms with Crippen molar-refractivity contribution in [3.8, 4) is 11.8 Å². The number of pyridine rings is 1. The van der Waals surface area contributed by atoms with Crippen LogP contribution in [0.2, 0.25) is 5.02 Å². The fourth-order valence-corrected chi connectivity index (χ4v) is 5.29. The Balaban J connectivity index is 1.17. The van der Waals surface area contributed by atoms with Gasteiger partial charge in [-0.25, -0.2) is 4.98 Å². The van der Waals surface area contributed by atoms with Crippen LogP contribution in [0, 0.1) is 11.3 Å². The van der Waals surface area contributed by atoms with E-state index in [1.54, 1.807) is 18.2 Å². The Hall–Kier alpha value is -2.82. The largest absolute Gasteiger partial charge is 0.490 e. The summed E-state index contributed by atoms with van der Waals surface area (Å²) in [7, 11) is 0. The molecule has 5 rings (SSSR count). The molecule has 2 aromatic rings. The second kappa shape index (κ2) is 9.58. The molecule has 1 aromatic carbocycles. The van der Waals surface area contributed by atoms with Crippen LogP contribution in [0.25, 0.3) is 0 Å². The quantitative estimate of drug-likeness (QED) is 0.690. The highest BCUT2D eigenvalue weighted by molar-refractivity contribution is 6.31. The first-order valence-corrected chi connectivity index (χ1v) is 12.1. The van der Waals surface area contributed by atoms with Crippen LogP contribution in [0.3, 0.4) is 0 Å². The van der Waals surface area contributed by atoms with Gasteiger partial charge in [-0.1, -0.05) is 11.6 Å². The van der Waals surface area contributed by atoms with Crippen molar-refractivity contribution >= 4 is 23.3 Å². The number of ether oxygens (including phenoxy) is 1. The Labute approximate surface area is 199 Å². The van der Waals surface area contributed by atoms with Crippen molar-refractivity contribution in [1.29, 1.82) is 5.26 Å². The molecule has 0 unspecified atom stereocenters. The van der Waals surface area contributed by atoms with E-state index in [0.717, 1.165) is 68.7 Å². The lowest BCUT2D eigenvalue weighted by Crippen LogP contribution is -2.40. The second-order valence-electron chi connectivity index (χ2n) is 9.09. The molecule has 1 aliphatic carbocycles. The summed E-state index contributed by atoms with van der Waals surface area (Å²) >= 11 is 6.12. The molecule has 2 fully saturated rings. The molecular weight excluding hydrogens is 438 g/mol. The SMILES string of the molecule is N#Cc1ccc(OC2CCC(N3Cc4nc(NC5CCNCC5)ccc4C3=O)CC2)cc1Cl. The van der Waals surface area contributed by atoms with Gasteiger partial charge >= 0.3 is 0 Å². The molecule has 0 atom stereocenters. The lowest BCUT2D eigenvalue weighted by Gasteiger charge is -2.34. The lowest BCUT2D eigenvalue weighted by atomic mass is 9.92. The normalized spacial score (nSPS) is 23.2. The van der Waals surface area contributed by atoms with Crippen LogP contribution in [0.4, 0.5) is 5.82 Å². The third kappa shape index (κ3) is 4.78. The molecule has 172 valence electrons. The number of anilines is 1. The number of hydrogen-bond acceptors (Lipinski definition) is 6. The van der Waals surface area contributed by atoms with Crippen LogP contribution >= 0.6 is 11.6 Å². The molecule has 3 aliphatic rings. The van der Waals surface area contributed by atoms with Gasteiger partial charge in [-0.3, -0.25) is 4.79 Å². The van der Waals surface area contributed by atoms with Crippen LogP contribution in [-0.2, 0) is 6.54 Å². The van der Waals surface area contributed by atoms with Gasteiger partial charge in [0.15, 0.2) is 0 Å². The Morgan fingerprint density at radius 3 is 2.64 bits per heavy atom. The number of amides is 1. The van der Waals surface area contributed by atoms with Crippen LogP contribution in [0.5, 0.6) is 5.75 Å². The number of nitriles is 1. The zero-order valence-corrected chi connectivity index (χ0v) is 19.3. The number of carbonyl (C=O) groups is 1. The number of carbonyl (C=O) groups excluding carboxylic acids is 1. The molecule has 8 heteroatoms. The summed E-state index contributed by atoms with van der Waals surface area (Å²) in [5.74, 6) is 1.65. The lowest BCUT2D eigenvalue weighted by molar-refractivity contribution is 0.0560. The maximum Gasteiger partial charge on any atom is 0.256 e. The average Bonchev–Trinajstić information content (AvgIpc) is 3.16. The van der Waals surface area contributed by atoms with Crippen molar-refractivity contribution < 1.29 is 9.53 Å². The predicted molar refractivity (Wildman–Crippen MR) is 126 cm³/mol. The Kier molecular flexibility index (Phi) is 6.39. The zero-order chi connectivity index (χ0) is 22.8. The van der Waals surface area contributed by atoms with E-state index in [9.17, 15) is 4.79 Å². The topological polar surface area (TPSA) is 90.3 Å². The van der Waals surface area contributed by atoms with Crippen molar-refractivity contribution in [2.75, 3.05) is 18.4 Å². The summed E-state index contributed by atoms with van der Waals surface area (Å²) in [6.45, 7) is 2.64. The molecule has 0 spiro atoms. The minimum absolute atomic E-state index is 0.0873. The van der Waals surface area contributed by atoms with Crippen molar-refractivity contribution in [3.63, 3.8) is 0 Å². The van der Waals surface area contributed by atoms with Crippen molar-refractivity contribution in [2.45, 2.75) is 63.3 Å². The van der Waals surface area contributed by atoms with Gasteiger partial charge in [-0.2, -0.15) is 5.26 Å². The number of aromatic nitrogens is 1. The first-order valence-electron chi connectivity index (χ1n) is 11.7. The molecule has 1 saturated carbocycles. The van der Waals surface area contributed by atoms with Gasteiger partial charge in [0.1, 0.15) is 17.6 Å². The van der Waals surface area contributed by atoms with E-state index < -0.39 is 0 Å². The summed E-state index contributed by atoms with van der Waals surface area (Å²) in [6.07, 6.45) is 5.80. The number of benzene rings is 1. The zero-order valence-electron chi connectivity index (χ0n) is 18.5. The molecular formula is C25H28ClN5O2. The number of nitrogens with zero attached hydrogens (tertiary/aromatic N) is 3. The van der Waals surface area contributed by atoms with E-state index in [-0.39, 0.29) is 18.1 Å². The summed E-state index contributed by atoms with van der Waals surface area (Å²) in [5.41, 5.74) is 2.06. The summed E-state index contributed by atoms with van der Waals surface area (Å²) in [6, 6.07) is 11.7. The standard InChI is InChI=1S/C25H28ClN5O2/c26-22-13-20(4-1-16(22)14-27)33-19-5-2-18(3-6-19)31-15-23-21(25(31)32)7-8-24(30-23)29-17-9-11-28-12-10-17/h1,4,7-8,13,17-19,28H,2-3,5-6,9-12,15H2,(H,29,30). The highest BCUT2D eigenvalue weighted by Crippen LogP contribution is 2.33. The van der Waals surface area contributed by atoms with Crippen molar-refractivity contribution in [2.24, 2.45) is 0 Å². The molecule has 33 heavy (non-hydrogen) atoms. The average molecular weight is 466 g/mol. The maximum atomic E-state index is 13.1. The molecule has 3 heterocycles. The number of hydrogen-bond donors (Lipinski definition) is 2. The maximum absolute atomic E-state index is 13.1. The fourth-order valence-electron chi connectivity index (χ4n) is 5.08. The first-order chi connectivity index (χ1) is 16.1. The molecule has 1 saturated heterocycles. The van der Waals surface area contributed by atoms with E-state index >= 15 is 0 Å². The third-order valence-electron chi connectivity index (χ3n) is 6.92. The third-order valence-corrected chi connectivity index (χ3v) is 7.24. The van der Waals surface area contributed by atoms with Crippen molar-refractivity contribution in [1.82, 2.24) is 15.2 Å². The van der Waals surface area contributed by atoms with Crippen molar-refractivity contribution in [3.05, 3.63) is 52.2 Å². The van der Waals surface area contributed by atoms with Crippen LogP contribution in [-0.4, -0.2) is 47.1 Å². The second-order valence-corrected chi connectivity index (χ2v) is 9.50. The number of nitrogens with one attached hydrogen (secondary N) is 2. The molecule has 2 N–H and O–H groups in total. The van der Waals surface area contributed by atoms with Crippen LogP contribution in [0.15, 0.2) is 30.3 Å². The van der Waals surface area contributed by atoms with Gasteiger partial charge in [0.05, 0.1) is 34.5 Å². The van der Waals surface area contributed by atoms with Gasteiger partial charge in [0.2, 0.25) is 0 Å². The number of halogens is 1. The van der Waals surface area contributed by atoms with E-state index in [1.807, 2.05) is 17.0 Å². The van der Waals surface area contributed by atoms with Gasteiger partial charge in [0.25, 0.3) is 5.91 Å². The minimum Gasteiger partial charge on any atom is -0.490 e. The first kappa shape index (κ1) is 22.0.